The molecule has 2 aromatic heterocycles. The van der Waals surface area contributed by atoms with E-state index in [1.54, 1.807) is 24.3 Å². The standard InChI is InChI=1S/C16H12FN3O2S/c17-12-4-2-1-3-10(12)8-14-11(5-6-23-14)7-13(21)15(22)16-18-9-19-20-16/h1-6,9H,7-8H2,(H,18,19,20). The summed E-state index contributed by atoms with van der Waals surface area (Å²) in [6, 6.07) is 8.30. The van der Waals surface area contributed by atoms with Gasteiger partial charge >= 0.3 is 0 Å². The fourth-order valence-electron chi connectivity index (χ4n) is 2.19. The van der Waals surface area contributed by atoms with Crippen LogP contribution in [0.15, 0.2) is 42.0 Å². The highest BCUT2D eigenvalue weighted by Crippen LogP contribution is 2.23. The molecule has 0 aliphatic carbocycles. The Morgan fingerprint density at radius 1 is 1.17 bits per heavy atom. The molecule has 0 atom stereocenters. The Morgan fingerprint density at radius 2 is 2.00 bits per heavy atom. The molecule has 0 aliphatic heterocycles. The Labute approximate surface area is 135 Å². The van der Waals surface area contributed by atoms with E-state index in [0.717, 1.165) is 10.4 Å². The van der Waals surface area contributed by atoms with Crippen LogP contribution in [0.5, 0.6) is 0 Å². The molecule has 0 saturated heterocycles. The van der Waals surface area contributed by atoms with Gasteiger partial charge < -0.3 is 0 Å². The molecule has 0 unspecified atom stereocenters. The Morgan fingerprint density at radius 3 is 2.74 bits per heavy atom. The molecule has 5 nitrogen and oxygen atoms in total. The van der Waals surface area contributed by atoms with Crippen LogP contribution in [0.4, 0.5) is 4.39 Å². The monoisotopic (exact) mass is 329 g/mol. The van der Waals surface area contributed by atoms with Crippen molar-refractivity contribution in [2.45, 2.75) is 12.8 Å². The van der Waals surface area contributed by atoms with Gasteiger partial charge in [-0.1, -0.05) is 18.2 Å². The van der Waals surface area contributed by atoms with Crippen molar-refractivity contribution in [1.82, 2.24) is 15.2 Å². The largest absolute Gasteiger partial charge is 0.290 e. The number of aromatic amines is 1. The summed E-state index contributed by atoms with van der Waals surface area (Å²) < 4.78 is 13.8. The summed E-state index contributed by atoms with van der Waals surface area (Å²) in [5.41, 5.74) is 1.29. The number of carbonyl (C=O) groups is 2. The molecule has 7 heteroatoms. The predicted octanol–water partition coefficient (Wildman–Crippen LogP) is 2.59. The number of ketones is 2. The van der Waals surface area contributed by atoms with E-state index < -0.39 is 11.6 Å². The maximum absolute atomic E-state index is 13.8. The van der Waals surface area contributed by atoms with Gasteiger partial charge in [0, 0.05) is 17.7 Å². The number of aromatic nitrogens is 3. The Kier molecular flexibility index (Phi) is 4.38. The van der Waals surface area contributed by atoms with Crippen molar-refractivity contribution < 1.29 is 14.0 Å². The van der Waals surface area contributed by atoms with Gasteiger partial charge in [-0.2, -0.15) is 5.10 Å². The van der Waals surface area contributed by atoms with Crippen LogP contribution in [0.1, 0.15) is 26.6 Å². The van der Waals surface area contributed by atoms with E-state index in [1.807, 2.05) is 5.38 Å². The molecule has 1 aromatic carbocycles. The number of rotatable bonds is 6. The molecule has 3 aromatic rings. The highest BCUT2D eigenvalue weighted by atomic mass is 32.1. The van der Waals surface area contributed by atoms with E-state index in [1.165, 1.54) is 23.7 Å². The molecule has 2 heterocycles. The van der Waals surface area contributed by atoms with Gasteiger partial charge in [0.2, 0.25) is 5.78 Å². The number of thiophene rings is 1. The van der Waals surface area contributed by atoms with Gasteiger partial charge in [0.25, 0.3) is 5.78 Å². The van der Waals surface area contributed by atoms with Crippen LogP contribution in [0.3, 0.4) is 0 Å². The first-order valence-corrected chi connectivity index (χ1v) is 7.74. The van der Waals surface area contributed by atoms with Crippen LogP contribution in [0.2, 0.25) is 0 Å². The summed E-state index contributed by atoms with van der Waals surface area (Å²) in [6.45, 7) is 0. The molecule has 0 spiro atoms. The molecule has 23 heavy (non-hydrogen) atoms. The molecular formula is C16H12FN3O2S. The summed E-state index contributed by atoms with van der Waals surface area (Å²) in [5, 5.41) is 7.77. The van der Waals surface area contributed by atoms with Crippen molar-refractivity contribution in [2.75, 3.05) is 0 Å². The zero-order chi connectivity index (χ0) is 16.2. The normalized spacial score (nSPS) is 10.7. The minimum Gasteiger partial charge on any atom is -0.290 e. The van der Waals surface area contributed by atoms with Crippen LogP contribution in [-0.2, 0) is 17.6 Å². The molecule has 3 rings (SSSR count). The third-order valence-corrected chi connectivity index (χ3v) is 4.34. The van der Waals surface area contributed by atoms with Crippen LogP contribution in [0, 0.1) is 5.82 Å². The lowest BCUT2D eigenvalue weighted by Crippen LogP contribution is -2.18. The molecule has 0 aliphatic rings. The minimum atomic E-state index is -0.703. The van der Waals surface area contributed by atoms with Crippen LogP contribution in [-0.4, -0.2) is 26.7 Å². The first-order valence-electron chi connectivity index (χ1n) is 6.86. The van der Waals surface area contributed by atoms with Crippen molar-refractivity contribution in [2.24, 2.45) is 0 Å². The Bertz CT molecular complexity index is 843. The summed E-state index contributed by atoms with van der Waals surface area (Å²) in [4.78, 5) is 28.5. The van der Waals surface area contributed by atoms with Crippen molar-refractivity contribution in [3.63, 3.8) is 0 Å². The van der Waals surface area contributed by atoms with Gasteiger partial charge in [0.05, 0.1) is 0 Å². The van der Waals surface area contributed by atoms with E-state index >= 15 is 0 Å². The van der Waals surface area contributed by atoms with E-state index in [4.69, 9.17) is 0 Å². The van der Waals surface area contributed by atoms with Gasteiger partial charge in [-0.05, 0) is 28.6 Å². The number of benzene rings is 1. The molecule has 116 valence electrons. The van der Waals surface area contributed by atoms with E-state index in [0.29, 0.717) is 12.0 Å². The number of nitrogens with one attached hydrogen (secondary N) is 1. The smallest absolute Gasteiger partial charge is 0.265 e. The lowest BCUT2D eigenvalue weighted by Gasteiger charge is -2.04. The summed E-state index contributed by atoms with van der Waals surface area (Å²) in [6.07, 6.45) is 1.53. The van der Waals surface area contributed by atoms with Crippen LogP contribution in [0.25, 0.3) is 0 Å². The molecule has 0 amide bonds. The second-order valence-corrected chi connectivity index (χ2v) is 5.90. The van der Waals surface area contributed by atoms with Gasteiger partial charge in [0.1, 0.15) is 12.1 Å². The fourth-order valence-corrected chi connectivity index (χ4v) is 3.12. The minimum absolute atomic E-state index is 0.0349. The fraction of sp³-hybridized carbons (Fsp3) is 0.125. The van der Waals surface area contributed by atoms with E-state index in [9.17, 15) is 14.0 Å². The van der Waals surface area contributed by atoms with Gasteiger partial charge in [0.15, 0.2) is 5.82 Å². The van der Waals surface area contributed by atoms with Gasteiger partial charge in [-0.3, -0.25) is 14.7 Å². The molecule has 0 fully saturated rings. The van der Waals surface area contributed by atoms with E-state index in [2.05, 4.69) is 15.2 Å². The molecular weight excluding hydrogens is 317 g/mol. The highest BCUT2D eigenvalue weighted by molar-refractivity contribution is 7.10. The summed E-state index contributed by atoms with van der Waals surface area (Å²) in [5.74, 6) is -1.63. The van der Waals surface area contributed by atoms with Crippen molar-refractivity contribution in [1.29, 1.82) is 0 Å². The van der Waals surface area contributed by atoms with Crippen LogP contribution < -0.4 is 0 Å². The molecule has 0 bridgehead atoms. The number of halogens is 1. The van der Waals surface area contributed by atoms with Crippen molar-refractivity contribution in [3.05, 3.63) is 69.7 Å². The van der Waals surface area contributed by atoms with Gasteiger partial charge in [-0.25, -0.2) is 9.37 Å². The number of H-pyrrole nitrogens is 1. The maximum atomic E-state index is 13.8. The van der Waals surface area contributed by atoms with Crippen molar-refractivity contribution >= 4 is 22.9 Å². The van der Waals surface area contributed by atoms with E-state index in [-0.39, 0.29) is 18.1 Å². The number of nitrogens with zero attached hydrogens (tertiary/aromatic N) is 2. The van der Waals surface area contributed by atoms with Gasteiger partial charge in [-0.15, -0.1) is 11.3 Å². The van der Waals surface area contributed by atoms with Crippen LogP contribution >= 0.6 is 11.3 Å². The second-order valence-electron chi connectivity index (χ2n) is 4.90. The molecule has 0 saturated carbocycles. The Balaban J connectivity index is 1.75. The first-order chi connectivity index (χ1) is 11.1. The average molecular weight is 329 g/mol. The zero-order valence-electron chi connectivity index (χ0n) is 12.0. The van der Waals surface area contributed by atoms with Crippen molar-refractivity contribution in [3.8, 4) is 0 Å². The third kappa shape index (κ3) is 3.40. The second kappa shape index (κ2) is 6.62. The lowest BCUT2D eigenvalue weighted by atomic mass is 10.0. The number of hydrogen-bond donors (Lipinski definition) is 1. The quantitative estimate of drug-likeness (QED) is 0.557. The summed E-state index contributed by atoms with van der Waals surface area (Å²) >= 11 is 1.44. The SMILES string of the molecule is O=C(Cc1ccsc1Cc1ccccc1F)C(=O)c1ncn[nH]1. The molecule has 1 N–H and O–H groups in total. The maximum Gasteiger partial charge on any atom is 0.265 e. The number of carbonyl (C=O) groups excluding carboxylic acids is 2. The lowest BCUT2D eigenvalue weighted by molar-refractivity contribution is -0.114. The number of hydrogen-bond acceptors (Lipinski definition) is 5. The topological polar surface area (TPSA) is 75.7 Å². The Hall–Kier alpha value is -2.67. The zero-order valence-corrected chi connectivity index (χ0v) is 12.8. The summed E-state index contributed by atoms with van der Waals surface area (Å²) in [7, 11) is 0. The first kappa shape index (κ1) is 15.2. The highest BCUT2D eigenvalue weighted by Gasteiger charge is 2.21. The molecule has 0 radical (unpaired) electrons. The predicted molar refractivity (Wildman–Crippen MR) is 82.9 cm³/mol. The number of Topliss-reactive ketones (excluding diaryl/α,β-unsaturated/α-hetero) is 2. The third-order valence-electron chi connectivity index (χ3n) is 3.38. The average Bonchev–Trinajstić information content (AvgIpc) is 3.21.